The fraction of sp³-hybridized carbons (Fsp3) is 0.222. The number of carbonyl (C=O) groups excluding carboxylic acids is 2. The number of nitrogens with two attached hydrogens (primary N) is 1. The van der Waals surface area contributed by atoms with E-state index in [0.717, 1.165) is 11.1 Å². The van der Waals surface area contributed by atoms with Gasteiger partial charge < -0.3 is 10.6 Å². The summed E-state index contributed by atoms with van der Waals surface area (Å²) in [5, 5.41) is 7.67. The molecule has 0 heterocycles. The number of urea groups is 1. The molecular formula is C18H20Cl2N3O2+. The maximum Gasteiger partial charge on any atom is 0.321 e. The predicted molar refractivity (Wildman–Crippen MR) is 98.6 cm³/mol. The molecule has 2 rings (SSSR count). The second-order valence-electron chi connectivity index (χ2n) is 5.60. The molecule has 4 N–H and O–H groups in total. The van der Waals surface area contributed by atoms with Crippen LogP contribution in [0.3, 0.4) is 0 Å². The lowest BCUT2D eigenvalue weighted by molar-refractivity contribution is -0.719. The SMILES string of the molecule is CNC(=O)NC(=O)[C@@H]([NH2+][C@@H](C)c1ccc(Cl)cc1Cl)c1ccccc1. The number of rotatable bonds is 5. The third-order valence-corrected chi connectivity index (χ3v) is 4.40. The largest absolute Gasteiger partial charge is 0.341 e. The van der Waals surface area contributed by atoms with E-state index in [-0.39, 0.29) is 6.04 Å². The van der Waals surface area contributed by atoms with Gasteiger partial charge in [-0.3, -0.25) is 10.1 Å². The van der Waals surface area contributed by atoms with Gasteiger partial charge in [0.15, 0.2) is 6.04 Å². The van der Waals surface area contributed by atoms with E-state index in [0.29, 0.717) is 10.0 Å². The number of amides is 3. The molecule has 3 amide bonds. The predicted octanol–water partition coefficient (Wildman–Crippen LogP) is 2.81. The van der Waals surface area contributed by atoms with Crippen LogP contribution in [-0.4, -0.2) is 19.0 Å². The second-order valence-corrected chi connectivity index (χ2v) is 6.45. The molecule has 2 atom stereocenters. The van der Waals surface area contributed by atoms with Crippen LogP contribution in [0.15, 0.2) is 48.5 Å². The smallest absolute Gasteiger partial charge is 0.321 e. The zero-order valence-electron chi connectivity index (χ0n) is 13.9. The first-order chi connectivity index (χ1) is 11.9. The number of imide groups is 1. The van der Waals surface area contributed by atoms with Gasteiger partial charge in [0.25, 0.3) is 5.91 Å². The Labute approximate surface area is 156 Å². The van der Waals surface area contributed by atoms with E-state index in [1.807, 2.05) is 48.6 Å². The van der Waals surface area contributed by atoms with Gasteiger partial charge in [-0.2, -0.15) is 0 Å². The molecule has 0 bridgehead atoms. The molecule has 0 aliphatic heterocycles. The van der Waals surface area contributed by atoms with Crippen LogP contribution in [0.25, 0.3) is 0 Å². The normalized spacial score (nSPS) is 13.0. The van der Waals surface area contributed by atoms with E-state index >= 15 is 0 Å². The fourth-order valence-electron chi connectivity index (χ4n) is 2.53. The van der Waals surface area contributed by atoms with Crippen LogP contribution in [0.5, 0.6) is 0 Å². The van der Waals surface area contributed by atoms with Gasteiger partial charge in [-0.1, -0.05) is 59.6 Å². The van der Waals surface area contributed by atoms with Crippen molar-refractivity contribution in [3.63, 3.8) is 0 Å². The summed E-state index contributed by atoms with van der Waals surface area (Å²) in [4.78, 5) is 24.1. The lowest BCUT2D eigenvalue weighted by atomic mass is 10.0. The lowest BCUT2D eigenvalue weighted by Gasteiger charge is -2.20. The number of carbonyl (C=O) groups is 2. The molecule has 0 aliphatic rings. The zero-order chi connectivity index (χ0) is 18.4. The average Bonchev–Trinajstić information content (AvgIpc) is 2.59. The van der Waals surface area contributed by atoms with Gasteiger partial charge in [0.1, 0.15) is 6.04 Å². The highest BCUT2D eigenvalue weighted by Crippen LogP contribution is 2.25. The van der Waals surface area contributed by atoms with Crippen LogP contribution < -0.4 is 16.0 Å². The van der Waals surface area contributed by atoms with Gasteiger partial charge in [0.2, 0.25) is 0 Å². The van der Waals surface area contributed by atoms with E-state index in [1.165, 1.54) is 7.05 Å². The minimum Gasteiger partial charge on any atom is -0.341 e. The maximum atomic E-state index is 12.6. The van der Waals surface area contributed by atoms with Crippen molar-refractivity contribution < 1.29 is 14.9 Å². The Morgan fingerprint density at radius 2 is 1.76 bits per heavy atom. The van der Waals surface area contributed by atoms with Crippen molar-refractivity contribution in [1.82, 2.24) is 10.6 Å². The third-order valence-electron chi connectivity index (χ3n) is 3.84. The summed E-state index contributed by atoms with van der Waals surface area (Å²) in [6.45, 7) is 1.94. The number of halogens is 2. The van der Waals surface area contributed by atoms with Gasteiger partial charge in [-0.25, -0.2) is 4.79 Å². The first-order valence-corrected chi connectivity index (χ1v) is 8.55. The summed E-state index contributed by atoms with van der Waals surface area (Å²) in [5.74, 6) is -0.400. The molecule has 0 spiro atoms. The summed E-state index contributed by atoms with van der Waals surface area (Å²) < 4.78 is 0. The highest BCUT2D eigenvalue weighted by molar-refractivity contribution is 6.35. The van der Waals surface area contributed by atoms with E-state index in [2.05, 4.69) is 10.6 Å². The van der Waals surface area contributed by atoms with Crippen molar-refractivity contribution in [2.45, 2.75) is 19.0 Å². The summed E-state index contributed by atoms with van der Waals surface area (Å²) >= 11 is 12.2. The van der Waals surface area contributed by atoms with Crippen molar-refractivity contribution in [3.8, 4) is 0 Å². The van der Waals surface area contributed by atoms with Gasteiger partial charge in [-0.05, 0) is 19.1 Å². The van der Waals surface area contributed by atoms with Crippen LogP contribution in [-0.2, 0) is 4.79 Å². The van der Waals surface area contributed by atoms with Crippen molar-refractivity contribution in [1.29, 1.82) is 0 Å². The second kappa shape index (κ2) is 8.85. The van der Waals surface area contributed by atoms with Crippen LogP contribution in [0.4, 0.5) is 4.79 Å². The Kier molecular flexibility index (Phi) is 6.82. The minimum atomic E-state index is -0.597. The molecule has 0 saturated carbocycles. The van der Waals surface area contributed by atoms with Gasteiger partial charge in [-0.15, -0.1) is 0 Å². The molecule has 0 radical (unpaired) electrons. The van der Waals surface area contributed by atoms with Crippen LogP contribution in [0.2, 0.25) is 10.0 Å². The molecule has 5 nitrogen and oxygen atoms in total. The van der Waals surface area contributed by atoms with Crippen LogP contribution >= 0.6 is 23.2 Å². The summed E-state index contributed by atoms with van der Waals surface area (Å²) in [7, 11) is 1.46. The number of hydrogen-bond acceptors (Lipinski definition) is 2. The van der Waals surface area contributed by atoms with Gasteiger partial charge in [0.05, 0.1) is 5.02 Å². The number of nitrogens with one attached hydrogen (secondary N) is 2. The Bertz CT molecular complexity index is 753. The van der Waals surface area contributed by atoms with Crippen LogP contribution in [0, 0.1) is 0 Å². The van der Waals surface area contributed by atoms with E-state index < -0.39 is 18.0 Å². The van der Waals surface area contributed by atoms with Crippen molar-refractivity contribution >= 4 is 35.1 Å². The quantitative estimate of drug-likeness (QED) is 0.745. The molecule has 0 aliphatic carbocycles. The van der Waals surface area contributed by atoms with Crippen LogP contribution in [0.1, 0.15) is 30.1 Å². The zero-order valence-corrected chi connectivity index (χ0v) is 15.4. The molecule has 25 heavy (non-hydrogen) atoms. The molecule has 0 saturated heterocycles. The summed E-state index contributed by atoms with van der Waals surface area (Å²) in [5.41, 5.74) is 1.65. The topological polar surface area (TPSA) is 74.8 Å². The highest BCUT2D eigenvalue weighted by atomic mass is 35.5. The molecule has 2 aromatic rings. The van der Waals surface area contributed by atoms with Crippen molar-refractivity contribution in [3.05, 3.63) is 69.7 Å². The van der Waals surface area contributed by atoms with E-state index in [4.69, 9.17) is 23.2 Å². The Balaban J connectivity index is 2.26. The summed E-state index contributed by atoms with van der Waals surface area (Å²) in [6, 6.07) is 13.3. The first-order valence-electron chi connectivity index (χ1n) is 7.79. The Morgan fingerprint density at radius 1 is 1.08 bits per heavy atom. The molecule has 0 fully saturated rings. The van der Waals surface area contributed by atoms with E-state index in [1.54, 1.807) is 12.1 Å². The summed E-state index contributed by atoms with van der Waals surface area (Å²) in [6.07, 6.45) is 0. The Morgan fingerprint density at radius 3 is 2.36 bits per heavy atom. The maximum absolute atomic E-state index is 12.6. The van der Waals surface area contributed by atoms with E-state index in [9.17, 15) is 9.59 Å². The molecule has 0 unspecified atom stereocenters. The first kappa shape index (κ1) is 19.2. The highest BCUT2D eigenvalue weighted by Gasteiger charge is 2.28. The number of hydrogen-bond donors (Lipinski definition) is 3. The van der Waals surface area contributed by atoms with Crippen molar-refractivity contribution in [2.75, 3.05) is 7.05 Å². The van der Waals surface area contributed by atoms with Crippen molar-refractivity contribution in [2.24, 2.45) is 0 Å². The molecule has 7 heteroatoms. The molecular weight excluding hydrogens is 361 g/mol. The van der Waals surface area contributed by atoms with Gasteiger partial charge >= 0.3 is 6.03 Å². The molecule has 0 aromatic heterocycles. The van der Waals surface area contributed by atoms with Gasteiger partial charge in [0, 0.05) is 23.2 Å². The monoisotopic (exact) mass is 380 g/mol. The molecule has 2 aromatic carbocycles. The lowest BCUT2D eigenvalue weighted by Crippen LogP contribution is -2.88. The number of benzene rings is 2. The minimum absolute atomic E-state index is 0.120. The fourth-order valence-corrected chi connectivity index (χ4v) is 3.11. The molecule has 132 valence electrons. The third kappa shape index (κ3) is 5.19. The standard InChI is InChI=1S/C18H19Cl2N3O2/c1-11(14-9-8-13(19)10-15(14)20)22-16(12-6-4-3-5-7-12)17(24)23-18(25)21-2/h3-11,16,22H,1-2H3,(H2,21,23,24,25)/p+1/t11-,16-/m0/s1. The Hall–Kier alpha value is -2.08. The number of quaternary nitrogens is 1. The average molecular weight is 381 g/mol.